The summed E-state index contributed by atoms with van der Waals surface area (Å²) >= 11 is 5.94. The standard InChI is InChI=1S/C10H13ClN2O2/c1-6(2)13(3)9-8(11)4-7(5-12-9)10(14)15/h4-6H,1-3H3,(H,14,15). The molecule has 0 saturated heterocycles. The third kappa shape index (κ3) is 2.59. The number of nitrogens with zero attached hydrogens (tertiary/aromatic N) is 2. The van der Waals surface area contributed by atoms with E-state index in [1.54, 1.807) is 0 Å². The van der Waals surface area contributed by atoms with Crippen molar-refractivity contribution in [3.63, 3.8) is 0 Å². The lowest BCUT2D eigenvalue weighted by atomic mass is 10.2. The van der Waals surface area contributed by atoms with Crippen LogP contribution < -0.4 is 4.90 Å². The molecule has 0 spiro atoms. The van der Waals surface area contributed by atoms with Crippen LogP contribution in [0.2, 0.25) is 5.02 Å². The highest BCUT2D eigenvalue weighted by Gasteiger charge is 2.13. The first kappa shape index (κ1) is 11.8. The number of rotatable bonds is 3. The van der Waals surface area contributed by atoms with Gasteiger partial charge in [-0.05, 0) is 19.9 Å². The molecule has 0 amide bonds. The molecule has 0 aliphatic heterocycles. The van der Waals surface area contributed by atoms with Crippen LogP contribution in [-0.4, -0.2) is 29.1 Å². The Balaban J connectivity index is 3.08. The van der Waals surface area contributed by atoms with Gasteiger partial charge in [0.25, 0.3) is 0 Å². The highest BCUT2D eigenvalue weighted by Crippen LogP contribution is 2.24. The maximum absolute atomic E-state index is 10.7. The lowest BCUT2D eigenvalue weighted by Gasteiger charge is -2.23. The van der Waals surface area contributed by atoms with Crippen molar-refractivity contribution < 1.29 is 9.90 Å². The predicted molar refractivity (Wildman–Crippen MR) is 59.7 cm³/mol. The van der Waals surface area contributed by atoms with Crippen LogP contribution in [0.4, 0.5) is 5.82 Å². The first-order valence-corrected chi connectivity index (χ1v) is 4.93. The number of hydrogen-bond donors (Lipinski definition) is 1. The lowest BCUT2D eigenvalue weighted by molar-refractivity contribution is 0.0696. The van der Waals surface area contributed by atoms with Crippen molar-refractivity contribution in [1.29, 1.82) is 0 Å². The Bertz CT molecular complexity index is 380. The van der Waals surface area contributed by atoms with Gasteiger partial charge < -0.3 is 10.0 Å². The molecule has 0 aromatic carbocycles. The van der Waals surface area contributed by atoms with Crippen molar-refractivity contribution >= 4 is 23.4 Å². The van der Waals surface area contributed by atoms with Gasteiger partial charge in [0.1, 0.15) is 5.82 Å². The molecule has 0 aliphatic carbocycles. The summed E-state index contributed by atoms with van der Waals surface area (Å²) in [4.78, 5) is 16.6. The second kappa shape index (κ2) is 4.49. The number of carbonyl (C=O) groups is 1. The molecule has 0 bridgehead atoms. The quantitative estimate of drug-likeness (QED) is 0.863. The van der Waals surface area contributed by atoms with Gasteiger partial charge in [-0.3, -0.25) is 0 Å². The Morgan fingerprint density at radius 3 is 2.60 bits per heavy atom. The zero-order valence-corrected chi connectivity index (χ0v) is 9.62. The highest BCUT2D eigenvalue weighted by molar-refractivity contribution is 6.33. The van der Waals surface area contributed by atoms with E-state index in [9.17, 15) is 4.79 Å². The molecule has 0 aliphatic rings. The summed E-state index contributed by atoms with van der Waals surface area (Å²) in [5.41, 5.74) is 0.0981. The van der Waals surface area contributed by atoms with E-state index in [0.717, 1.165) is 0 Å². The molecule has 82 valence electrons. The number of hydrogen-bond acceptors (Lipinski definition) is 3. The maximum Gasteiger partial charge on any atom is 0.337 e. The van der Waals surface area contributed by atoms with Gasteiger partial charge in [-0.2, -0.15) is 0 Å². The van der Waals surface area contributed by atoms with E-state index >= 15 is 0 Å². The summed E-state index contributed by atoms with van der Waals surface area (Å²) < 4.78 is 0. The normalized spacial score (nSPS) is 10.5. The number of pyridine rings is 1. The molecule has 0 unspecified atom stereocenters. The molecule has 4 nitrogen and oxygen atoms in total. The van der Waals surface area contributed by atoms with E-state index in [0.29, 0.717) is 10.8 Å². The van der Waals surface area contributed by atoms with Crippen molar-refractivity contribution in [3.05, 3.63) is 22.8 Å². The smallest absolute Gasteiger partial charge is 0.337 e. The van der Waals surface area contributed by atoms with E-state index in [1.165, 1.54) is 12.3 Å². The summed E-state index contributed by atoms with van der Waals surface area (Å²) in [6.07, 6.45) is 1.31. The van der Waals surface area contributed by atoms with Crippen molar-refractivity contribution in [2.24, 2.45) is 0 Å². The fraction of sp³-hybridized carbons (Fsp3) is 0.400. The molecular formula is C10H13ClN2O2. The Kier molecular flexibility index (Phi) is 3.52. The molecule has 0 radical (unpaired) electrons. The van der Waals surface area contributed by atoms with Gasteiger partial charge in [0.05, 0.1) is 10.6 Å². The zero-order chi connectivity index (χ0) is 11.6. The molecule has 0 fully saturated rings. The van der Waals surface area contributed by atoms with Crippen molar-refractivity contribution in [1.82, 2.24) is 4.98 Å². The summed E-state index contributed by atoms with van der Waals surface area (Å²) in [6.45, 7) is 4.01. The van der Waals surface area contributed by atoms with Crippen LogP contribution in [0.25, 0.3) is 0 Å². The van der Waals surface area contributed by atoms with Crippen LogP contribution in [0, 0.1) is 0 Å². The molecule has 0 atom stereocenters. The summed E-state index contributed by atoms with van der Waals surface area (Å²) in [7, 11) is 1.86. The lowest BCUT2D eigenvalue weighted by Crippen LogP contribution is -2.26. The molecule has 15 heavy (non-hydrogen) atoms. The van der Waals surface area contributed by atoms with Gasteiger partial charge in [0, 0.05) is 19.3 Å². The topological polar surface area (TPSA) is 53.4 Å². The van der Waals surface area contributed by atoms with Crippen LogP contribution in [0.3, 0.4) is 0 Å². The molecule has 1 N–H and O–H groups in total. The highest BCUT2D eigenvalue weighted by atomic mass is 35.5. The van der Waals surface area contributed by atoms with Crippen LogP contribution in [0.1, 0.15) is 24.2 Å². The van der Waals surface area contributed by atoms with Crippen LogP contribution in [-0.2, 0) is 0 Å². The minimum Gasteiger partial charge on any atom is -0.478 e. The van der Waals surface area contributed by atoms with Crippen molar-refractivity contribution in [2.75, 3.05) is 11.9 Å². The third-order valence-corrected chi connectivity index (χ3v) is 2.46. The number of carboxylic acid groups (broad SMARTS) is 1. The van der Waals surface area contributed by atoms with Gasteiger partial charge in [-0.15, -0.1) is 0 Å². The molecule has 5 heteroatoms. The van der Waals surface area contributed by atoms with E-state index in [1.807, 2.05) is 25.8 Å². The van der Waals surface area contributed by atoms with Crippen molar-refractivity contribution in [2.45, 2.75) is 19.9 Å². The van der Waals surface area contributed by atoms with Gasteiger partial charge >= 0.3 is 5.97 Å². The number of aromatic carboxylic acids is 1. The first-order valence-electron chi connectivity index (χ1n) is 4.55. The van der Waals surface area contributed by atoms with Crippen LogP contribution >= 0.6 is 11.6 Å². The number of carboxylic acids is 1. The largest absolute Gasteiger partial charge is 0.478 e. The SMILES string of the molecule is CC(C)N(C)c1ncc(C(=O)O)cc1Cl. The monoisotopic (exact) mass is 228 g/mol. The second-order valence-corrected chi connectivity index (χ2v) is 3.95. The van der Waals surface area contributed by atoms with Gasteiger partial charge in [-0.25, -0.2) is 9.78 Å². The van der Waals surface area contributed by atoms with Crippen LogP contribution in [0.5, 0.6) is 0 Å². The van der Waals surface area contributed by atoms with E-state index in [-0.39, 0.29) is 11.6 Å². The summed E-state index contributed by atoms with van der Waals surface area (Å²) in [5, 5.41) is 9.09. The Morgan fingerprint density at radius 2 is 2.20 bits per heavy atom. The fourth-order valence-electron chi connectivity index (χ4n) is 1.05. The minimum absolute atomic E-state index is 0.0981. The Hall–Kier alpha value is -1.29. The molecule has 1 aromatic heterocycles. The minimum atomic E-state index is -1.02. The molecule has 1 heterocycles. The van der Waals surface area contributed by atoms with Gasteiger partial charge in [-0.1, -0.05) is 11.6 Å². The maximum atomic E-state index is 10.7. The third-order valence-electron chi connectivity index (χ3n) is 2.18. The van der Waals surface area contributed by atoms with E-state index in [2.05, 4.69) is 4.98 Å². The summed E-state index contributed by atoms with van der Waals surface area (Å²) in [5.74, 6) is -0.431. The molecule has 1 rings (SSSR count). The van der Waals surface area contributed by atoms with E-state index < -0.39 is 5.97 Å². The molecule has 1 aromatic rings. The Morgan fingerprint density at radius 1 is 1.60 bits per heavy atom. The van der Waals surface area contributed by atoms with Gasteiger partial charge in [0.2, 0.25) is 0 Å². The number of aromatic nitrogens is 1. The van der Waals surface area contributed by atoms with Crippen LogP contribution in [0.15, 0.2) is 12.3 Å². The molecule has 0 saturated carbocycles. The summed E-state index contributed by atoms with van der Waals surface area (Å²) in [6, 6.07) is 1.66. The van der Waals surface area contributed by atoms with Crippen molar-refractivity contribution in [3.8, 4) is 0 Å². The van der Waals surface area contributed by atoms with E-state index in [4.69, 9.17) is 16.7 Å². The first-order chi connectivity index (χ1) is 6.93. The zero-order valence-electron chi connectivity index (χ0n) is 8.86. The molecular weight excluding hydrogens is 216 g/mol. The fourth-order valence-corrected chi connectivity index (χ4v) is 1.35. The number of halogens is 1. The average Bonchev–Trinajstić information content (AvgIpc) is 2.16. The predicted octanol–water partition coefficient (Wildman–Crippen LogP) is 2.28. The number of anilines is 1. The Labute approximate surface area is 93.5 Å². The second-order valence-electron chi connectivity index (χ2n) is 3.54. The van der Waals surface area contributed by atoms with Gasteiger partial charge in [0.15, 0.2) is 0 Å². The average molecular weight is 229 g/mol.